The molecule has 0 fully saturated rings. The zero-order valence-corrected chi connectivity index (χ0v) is 23.3. The van der Waals surface area contributed by atoms with Gasteiger partial charge in [-0.15, -0.1) is 0 Å². The first kappa shape index (κ1) is 26.9. The van der Waals surface area contributed by atoms with Crippen molar-refractivity contribution in [2.75, 3.05) is 0 Å². The van der Waals surface area contributed by atoms with Crippen LogP contribution in [0, 0.1) is 10.5 Å². The van der Waals surface area contributed by atoms with Gasteiger partial charge in [-0.1, -0.05) is 6.07 Å². The van der Waals surface area contributed by atoms with Crippen LogP contribution < -0.4 is 0 Å². The van der Waals surface area contributed by atoms with Crippen molar-refractivity contribution in [2.45, 2.75) is 65.6 Å². The molecule has 1 aromatic carbocycles. The number of hydrogen-bond acceptors (Lipinski definition) is 4. The molecule has 0 saturated carbocycles. The van der Waals surface area contributed by atoms with Crippen LogP contribution in [0.3, 0.4) is 0 Å². The van der Waals surface area contributed by atoms with Gasteiger partial charge >= 0.3 is 61.1 Å². The van der Waals surface area contributed by atoms with E-state index in [4.69, 9.17) is 9.47 Å². The molecule has 0 radical (unpaired) electrons. The zero-order chi connectivity index (χ0) is 20.7. The number of halogens is 3. The average Bonchev–Trinajstić information content (AvgIpc) is 2.33. The molecule has 0 bridgehead atoms. The van der Waals surface area contributed by atoms with Crippen molar-refractivity contribution in [1.29, 1.82) is 0 Å². The quantitative estimate of drug-likeness (QED) is 0.162. The van der Waals surface area contributed by atoms with E-state index >= 15 is 0 Å². The molecule has 0 aromatic heterocycles. The molecule has 0 N–H and O–H groups in total. The summed E-state index contributed by atoms with van der Waals surface area (Å²) < 4.78 is 11.8. The summed E-state index contributed by atoms with van der Waals surface area (Å²) in [6.45, 7) is 12.6. The summed E-state index contributed by atoms with van der Waals surface area (Å²) in [4.78, 5) is 25.2. The molecule has 0 atom stereocenters. The zero-order valence-electron chi connectivity index (χ0n) is 15.9. The summed E-state index contributed by atoms with van der Waals surface area (Å²) in [7, 11) is 1.75. The third kappa shape index (κ3) is 11.7. The van der Waals surface area contributed by atoms with E-state index in [-0.39, 0.29) is 0 Å². The van der Waals surface area contributed by atoms with Crippen molar-refractivity contribution >= 4 is 75.2 Å². The summed E-state index contributed by atoms with van der Waals surface area (Å²) >= 11 is 6.53. The van der Waals surface area contributed by atoms with Gasteiger partial charge in [0, 0.05) is 3.57 Å². The molecule has 8 heteroatoms. The van der Waals surface area contributed by atoms with Crippen LogP contribution in [0.15, 0.2) is 18.2 Å². The molecule has 0 aliphatic heterocycles. The first-order valence-electron chi connectivity index (χ1n) is 7.74. The van der Waals surface area contributed by atoms with E-state index in [1.54, 1.807) is 50.0 Å². The Morgan fingerprint density at radius 3 is 1.62 bits per heavy atom. The predicted octanol–water partition coefficient (Wildman–Crippen LogP) is 6.14. The molecule has 26 heavy (non-hydrogen) atoms. The fourth-order valence-corrected chi connectivity index (χ4v) is 2.87. The molecule has 0 amide bonds. The number of hydrogen-bond donors (Lipinski definition) is 0. The number of carbonyl (C=O) groups excluding carboxylic acids is 2. The number of esters is 2. The van der Waals surface area contributed by atoms with Crippen molar-refractivity contribution in [1.82, 2.24) is 0 Å². The van der Waals surface area contributed by atoms with E-state index in [1.165, 1.54) is 0 Å². The second-order valence-electron chi connectivity index (χ2n) is 7.60. The SMILES string of the molecule is Cc1cc(I)cc(C(C(=O)OC(C)(C)C)C(=O)OC(C)(C)C)c1.[I][Cu][I]. The van der Waals surface area contributed by atoms with Crippen LogP contribution in [0.5, 0.6) is 0 Å². The van der Waals surface area contributed by atoms with Gasteiger partial charge in [-0.25, -0.2) is 0 Å². The summed E-state index contributed by atoms with van der Waals surface area (Å²) in [5, 5.41) is 0. The Morgan fingerprint density at radius 2 is 1.31 bits per heavy atom. The van der Waals surface area contributed by atoms with Crippen LogP contribution >= 0.6 is 63.3 Å². The van der Waals surface area contributed by atoms with Gasteiger partial charge in [-0.2, -0.15) is 0 Å². The second kappa shape index (κ2) is 11.8. The van der Waals surface area contributed by atoms with Crippen molar-refractivity contribution in [2.24, 2.45) is 0 Å². The molecular formula is C18H25CuI3O4. The van der Waals surface area contributed by atoms with Gasteiger partial charge in [0.15, 0.2) is 5.92 Å². The Kier molecular flexibility index (Phi) is 12.2. The van der Waals surface area contributed by atoms with Crippen LogP contribution in [0.2, 0.25) is 0 Å². The van der Waals surface area contributed by atoms with Gasteiger partial charge in [0.05, 0.1) is 0 Å². The molecule has 0 heterocycles. The normalized spacial score (nSPS) is 11.7. The monoisotopic (exact) mass is 749 g/mol. The van der Waals surface area contributed by atoms with Crippen molar-refractivity contribution in [3.8, 4) is 0 Å². The van der Waals surface area contributed by atoms with E-state index in [1.807, 2.05) is 25.1 Å². The number of rotatable bonds is 3. The number of benzene rings is 1. The van der Waals surface area contributed by atoms with Gasteiger partial charge in [0.25, 0.3) is 0 Å². The van der Waals surface area contributed by atoms with Gasteiger partial charge in [0.1, 0.15) is 11.2 Å². The number of aryl methyl sites for hydroxylation is 1. The fraction of sp³-hybridized carbons (Fsp3) is 0.556. The van der Waals surface area contributed by atoms with Gasteiger partial charge in [0.2, 0.25) is 0 Å². The third-order valence-corrected chi connectivity index (χ3v) is 3.31. The van der Waals surface area contributed by atoms with E-state index < -0.39 is 29.1 Å². The average molecular weight is 750 g/mol. The number of carbonyl (C=O) groups is 2. The maximum atomic E-state index is 12.6. The summed E-state index contributed by atoms with van der Waals surface area (Å²) in [6.07, 6.45) is 0. The molecule has 1 rings (SSSR count). The molecule has 4 nitrogen and oxygen atoms in total. The van der Waals surface area contributed by atoms with Crippen molar-refractivity contribution in [3.05, 3.63) is 32.9 Å². The minimum absolute atomic E-state index is 0.590. The molecule has 0 aliphatic carbocycles. The summed E-state index contributed by atoms with van der Waals surface area (Å²) in [5.74, 6) is -2.26. The molecule has 1 aromatic rings. The summed E-state index contributed by atoms with van der Waals surface area (Å²) in [6, 6.07) is 5.61. The first-order chi connectivity index (χ1) is 11.7. The van der Waals surface area contributed by atoms with Crippen LogP contribution in [0.25, 0.3) is 0 Å². The minimum atomic E-state index is -1.08. The Balaban J connectivity index is 0.00000194. The molecule has 153 valence electrons. The van der Waals surface area contributed by atoms with E-state index in [9.17, 15) is 9.59 Å². The molecule has 0 saturated heterocycles. The van der Waals surface area contributed by atoms with Crippen LogP contribution in [0.1, 0.15) is 58.6 Å². The molecule has 0 spiro atoms. The standard InChI is InChI=1S/C18H25IO4.Cu.2HI/c1-11-8-12(10-13(19)9-11)14(15(20)22-17(2,3)4)16(21)23-18(5,6)7;;;/h8-10,14H,1-7H3;;2*1H/q;+2;;/p-2. The fourth-order valence-electron chi connectivity index (χ4n) is 2.02. The molecule has 0 unspecified atom stereocenters. The van der Waals surface area contributed by atoms with Crippen LogP contribution in [-0.2, 0) is 27.5 Å². The summed E-state index contributed by atoms with van der Waals surface area (Å²) in [5.41, 5.74) is 0.227. The predicted molar refractivity (Wildman–Crippen MR) is 126 cm³/mol. The van der Waals surface area contributed by atoms with Crippen LogP contribution in [0.4, 0.5) is 0 Å². The Labute approximate surface area is 199 Å². The second-order valence-corrected chi connectivity index (χ2v) is 16.8. The topological polar surface area (TPSA) is 52.6 Å². The molecule has 0 aliphatic rings. The van der Waals surface area contributed by atoms with Crippen molar-refractivity contribution in [3.63, 3.8) is 0 Å². The Hall–Kier alpha value is 0.869. The van der Waals surface area contributed by atoms with E-state index in [0.29, 0.717) is 5.56 Å². The maximum absolute atomic E-state index is 12.6. The molecular weight excluding hydrogens is 724 g/mol. The van der Waals surface area contributed by atoms with Crippen LogP contribution in [-0.4, -0.2) is 23.1 Å². The van der Waals surface area contributed by atoms with Crippen molar-refractivity contribution < 1.29 is 27.5 Å². The third-order valence-electron chi connectivity index (χ3n) is 2.68. The number of ether oxygens (including phenoxy) is 2. The van der Waals surface area contributed by atoms with E-state index in [0.717, 1.165) is 9.13 Å². The Bertz CT molecular complexity index is 574. The van der Waals surface area contributed by atoms with Gasteiger partial charge in [-0.3, -0.25) is 9.59 Å². The van der Waals surface area contributed by atoms with Gasteiger partial charge < -0.3 is 9.47 Å². The van der Waals surface area contributed by atoms with Gasteiger partial charge in [-0.05, 0) is 94.3 Å². The van der Waals surface area contributed by atoms with E-state index in [2.05, 4.69) is 63.3 Å². The Morgan fingerprint density at radius 1 is 0.923 bits per heavy atom. The first-order valence-corrected chi connectivity index (χ1v) is 14.9.